The van der Waals surface area contributed by atoms with Crippen LogP contribution in [0.4, 0.5) is 5.69 Å². The van der Waals surface area contributed by atoms with Gasteiger partial charge in [-0.1, -0.05) is 48.2 Å². The Morgan fingerprint density at radius 3 is 2.62 bits per heavy atom. The molecule has 0 saturated heterocycles. The van der Waals surface area contributed by atoms with Crippen LogP contribution in [0.3, 0.4) is 0 Å². The number of para-hydroxylation sites is 1. The quantitative estimate of drug-likeness (QED) is 0.304. The number of benzene rings is 2. The summed E-state index contributed by atoms with van der Waals surface area (Å²) in [5.74, 6) is 0.312. The van der Waals surface area contributed by atoms with Crippen LogP contribution in [0.5, 0.6) is 0 Å². The van der Waals surface area contributed by atoms with Gasteiger partial charge in [0.25, 0.3) is 0 Å². The van der Waals surface area contributed by atoms with E-state index in [0.29, 0.717) is 5.82 Å². The molecule has 2 amide bonds. The number of thiophene rings is 1. The predicted octanol–water partition coefficient (Wildman–Crippen LogP) is 4.82. The number of nitrogens with zero attached hydrogens (tertiary/aromatic N) is 2. The second kappa shape index (κ2) is 9.93. The van der Waals surface area contributed by atoms with Gasteiger partial charge in [-0.2, -0.15) is 0 Å². The number of anilines is 1. The molecule has 32 heavy (non-hydrogen) atoms. The maximum absolute atomic E-state index is 12.4. The van der Waals surface area contributed by atoms with Crippen LogP contribution < -0.4 is 10.6 Å². The van der Waals surface area contributed by atoms with Gasteiger partial charge in [-0.15, -0.1) is 11.3 Å². The molecule has 0 unspecified atom stereocenters. The monoisotopic (exact) mass is 462 g/mol. The van der Waals surface area contributed by atoms with E-state index in [1.807, 2.05) is 73.8 Å². The van der Waals surface area contributed by atoms with Crippen molar-refractivity contribution in [2.75, 3.05) is 17.6 Å². The number of amides is 2. The topological polar surface area (TPSA) is 84.0 Å². The first kappa shape index (κ1) is 22.0. The molecule has 4 aromatic rings. The number of carbonyl (C=O) groups excluding carboxylic acids is 2. The Morgan fingerprint density at radius 2 is 1.81 bits per heavy atom. The van der Waals surface area contributed by atoms with Crippen LogP contribution in [-0.2, 0) is 9.59 Å². The summed E-state index contributed by atoms with van der Waals surface area (Å²) in [6, 6.07) is 17.4. The number of fused-ring (bicyclic) bond motifs is 1. The second-order valence-corrected chi connectivity index (χ2v) is 9.12. The molecule has 162 valence electrons. The van der Waals surface area contributed by atoms with Crippen LogP contribution in [0.15, 0.2) is 65.0 Å². The summed E-state index contributed by atoms with van der Waals surface area (Å²) in [6.45, 7) is 3.86. The van der Waals surface area contributed by atoms with E-state index in [1.54, 1.807) is 11.3 Å². The molecular formula is C24H22N4O2S2. The van der Waals surface area contributed by atoms with Crippen LogP contribution in [0.2, 0.25) is 0 Å². The number of aromatic nitrogens is 2. The van der Waals surface area contributed by atoms with Gasteiger partial charge in [-0.25, -0.2) is 9.97 Å². The molecule has 0 fully saturated rings. The van der Waals surface area contributed by atoms with Crippen LogP contribution in [0, 0.1) is 13.8 Å². The molecule has 2 aromatic heterocycles. The lowest BCUT2D eigenvalue weighted by Gasteiger charge is -2.11. The summed E-state index contributed by atoms with van der Waals surface area (Å²) in [5, 5.41) is 9.16. The summed E-state index contributed by atoms with van der Waals surface area (Å²) in [7, 11) is 0. The van der Waals surface area contributed by atoms with Gasteiger partial charge in [-0.3, -0.25) is 9.59 Å². The van der Waals surface area contributed by atoms with E-state index >= 15 is 0 Å². The zero-order chi connectivity index (χ0) is 22.5. The van der Waals surface area contributed by atoms with Crippen molar-refractivity contribution in [1.82, 2.24) is 15.3 Å². The van der Waals surface area contributed by atoms with Crippen LogP contribution in [0.1, 0.15) is 11.1 Å². The Hall–Kier alpha value is -3.23. The number of hydrogen-bond acceptors (Lipinski definition) is 6. The van der Waals surface area contributed by atoms with Crippen molar-refractivity contribution in [3.05, 3.63) is 71.1 Å². The van der Waals surface area contributed by atoms with Gasteiger partial charge in [0.1, 0.15) is 5.03 Å². The smallest absolute Gasteiger partial charge is 0.243 e. The maximum atomic E-state index is 12.4. The fraction of sp³-hybridized carbons (Fsp3) is 0.167. The molecular weight excluding hydrogens is 440 g/mol. The molecule has 0 radical (unpaired) electrons. The first-order valence-corrected chi connectivity index (χ1v) is 11.9. The summed E-state index contributed by atoms with van der Waals surface area (Å²) in [4.78, 5) is 35.0. The third kappa shape index (κ3) is 5.15. The minimum Gasteiger partial charge on any atom is -0.346 e. The lowest BCUT2D eigenvalue weighted by molar-refractivity contribution is -0.122. The van der Waals surface area contributed by atoms with E-state index in [1.165, 1.54) is 11.8 Å². The molecule has 4 rings (SSSR count). The molecule has 2 N–H and O–H groups in total. The second-order valence-electron chi connectivity index (χ2n) is 7.21. The van der Waals surface area contributed by atoms with Gasteiger partial charge in [0.15, 0.2) is 5.82 Å². The van der Waals surface area contributed by atoms with Crippen molar-refractivity contribution >= 4 is 51.5 Å². The zero-order valence-corrected chi connectivity index (χ0v) is 19.3. The van der Waals surface area contributed by atoms with Gasteiger partial charge in [0.2, 0.25) is 11.8 Å². The fourth-order valence-corrected chi connectivity index (χ4v) is 4.62. The van der Waals surface area contributed by atoms with Gasteiger partial charge in [0, 0.05) is 11.1 Å². The molecule has 0 saturated carbocycles. The summed E-state index contributed by atoms with van der Waals surface area (Å²) < 4.78 is 0. The Balaban J connectivity index is 1.38. The lowest BCUT2D eigenvalue weighted by Crippen LogP contribution is -2.34. The van der Waals surface area contributed by atoms with E-state index in [0.717, 1.165) is 37.6 Å². The minimum absolute atomic E-state index is 0.0856. The highest BCUT2D eigenvalue weighted by molar-refractivity contribution is 8.00. The molecule has 0 atom stereocenters. The van der Waals surface area contributed by atoms with Crippen molar-refractivity contribution < 1.29 is 9.59 Å². The summed E-state index contributed by atoms with van der Waals surface area (Å²) in [5.41, 5.74) is 3.70. The van der Waals surface area contributed by atoms with Gasteiger partial charge in [-0.05, 0) is 48.6 Å². The highest BCUT2D eigenvalue weighted by Crippen LogP contribution is 2.29. The van der Waals surface area contributed by atoms with Gasteiger partial charge in [0.05, 0.1) is 22.7 Å². The van der Waals surface area contributed by atoms with Crippen LogP contribution in [0.25, 0.3) is 21.6 Å². The van der Waals surface area contributed by atoms with Crippen molar-refractivity contribution in [3.63, 3.8) is 0 Å². The van der Waals surface area contributed by atoms with E-state index < -0.39 is 0 Å². The van der Waals surface area contributed by atoms with Crippen LogP contribution in [-0.4, -0.2) is 34.1 Å². The standard InChI is InChI=1S/C24H22N4O2S2/c1-15-7-5-10-18(16(15)2)26-21(29)13-25-22(30)14-32-24-17-8-3-4-9-19(17)27-23(28-24)20-11-6-12-31-20/h3-12H,13-14H2,1-2H3,(H,25,30)(H,26,29). The number of aryl methyl sites for hydroxylation is 1. The highest BCUT2D eigenvalue weighted by atomic mass is 32.2. The van der Waals surface area contributed by atoms with Crippen molar-refractivity contribution in [3.8, 4) is 10.7 Å². The molecule has 0 aliphatic rings. The Morgan fingerprint density at radius 1 is 0.969 bits per heavy atom. The molecule has 0 spiro atoms. The van der Waals surface area contributed by atoms with E-state index in [4.69, 9.17) is 0 Å². The molecule has 8 heteroatoms. The average molecular weight is 463 g/mol. The number of nitrogens with one attached hydrogen (secondary N) is 2. The first-order valence-electron chi connectivity index (χ1n) is 10.1. The van der Waals surface area contributed by atoms with Gasteiger partial charge >= 0.3 is 0 Å². The molecule has 6 nitrogen and oxygen atoms in total. The zero-order valence-electron chi connectivity index (χ0n) is 17.7. The molecule has 2 heterocycles. The lowest BCUT2D eigenvalue weighted by atomic mass is 10.1. The number of rotatable bonds is 7. The predicted molar refractivity (Wildman–Crippen MR) is 131 cm³/mol. The SMILES string of the molecule is Cc1cccc(NC(=O)CNC(=O)CSc2nc(-c3cccs3)nc3ccccc23)c1C. The number of thioether (sulfide) groups is 1. The van der Waals surface area contributed by atoms with Crippen LogP contribution >= 0.6 is 23.1 Å². The minimum atomic E-state index is -0.260. The molecule has 0 aliphatic carbocycles. The maximum Gasteiger partial charge on any atom is 0.243 e. The molecule has 2 aromatic carbocycles. The van der Waals surface area contributed by atoms with Crippen molar-refractivity contribution in [2.24, 2.45) is 0 Å². The average Bonchev–Trinajstić information content (AvgIpc) is 3.34. The fourth-order valence-electron chi connectivity index (χ4n) is 3.12. The molecule has 0 bridgehead atoms. The largest absolute Gasteiger partial charge is 0.346 e. The third-order valence-corrected chi connectivity index (χ3v) is 6.83. The number of hydrogen-bond donors (Lipinski definition) is 2. The van der Waals surface area contributed by atoms with E-state index in [-0.39, 0.29) is 24.1 Å². The van der Waals surface area contributed by atoms with Gasteiger partial charge < -0.3 is 10.6 Å². The first-order chi connectivity index (χ1) is 15.5. The number of carbonyl (C=O) groups is 2. The normalized spacial score (nSPS) is 10.8. The Kier molecular flexibility index (Phi) is 6.82. The summed E-state index contributed by atoms with van der Waals surface area (Å²) in [6.07, 6.45) is 0. The Labute approximate surface area is 194 Å². The highest BCUT2D eigenvalue weighted by Gasteiger charge is 2.13. The Bertz CT molecular complexity index is 1270. The van der Waals surface area contributed by atoms with Crippen molar-refractivity contribution in [2.45, 2.75) is 18.9 Å². The van der Waals surface area contributed by atoms with Crippen molar-refractivity contribution in [1.29, 1.82) is 0 Å². The van der Waals surface area contributed by atoms with E-state index in [2.05, 4.69) is 20.6 Å². The van der Waals surface area contributed by atoms with E-state index in [9.17, 15) is 9.59 Å². The molecule has 0 aliphatic heterocycles. The summed E-state index contributed by atoms with van der Waals surface area (Å²) >= 11 is 2.91. The third-order valence-electron chi connectivity index (χ3n) is 4.97.